The molecule has 1 aliphatic carbocycles. The molecule has 0 saturated carbocycles. The van der Waals surface area contributed by atoms with Crippen LogP contribution in [0.25, 0.3) is 11.1 Å². The summed E-state index contributed by atoms with van der Waals surface area (Å²) in [7, 11) is 1.63. The minimum Gasteiger partial charge on any atom is -0.495 e. The SMILES string of the molecule is COc1cccc(-c2ccc3c(c2)CC(C)(C)C3NC(=O)O[C@H]2CN3CCC2CC3)c1Cl. The Labute approximate surface area is 195 Å². The number of ether oxygens (including phenoxy) is 2. The molecule has 6 rings (SSSR count). The lowest BCUT2D eigenvalue weighted by atomic mass is 9.85. The smallest absolute Gasteiger partial charge is 0.407 e. The van der Waals surface area contributed by atoms with Crippen molar-refractivity contribution < 1.29 is 14.3 Å². The fourth-order valence-corrected chi connectivity index (χ4v) is 6.03. The standard InChI is InChI=1S/C26H31ClN2O3/c1-26(2)14-18-13-17(19-5-4-6-21(31-3)23(19)27)7-8-20(18)24(26)28-25(30)32-22-15-29-11-9-16(22)10-12-29/h4-8,13,16,22,24H,9-12,14-15H2,1-3H3,(H,28,30)/t22-,24?/m0/s1. The summed E-state index contributed by atoms with van der Waals surface area (Å²) in [6.07, 6.45) is 2.85. The molecule has 3 aliphatic heterocycles. The van der Waals surface area contributed by atoms with E-state index in [1.54, 1.807) is 7.11 Å². The number of carbonyl (C=O) groups excluding carboxylic acids is 1. The highest BCUT2D eigenvalue weighted by Gasteiger charge is 2.42. The number of nitrogens with one attached hydrogen (secondary N) is 1. The molecule has 32 heavy (non-hydrogen) atoms. The highest BCUT2D eigenvalue weighted by molar-refractivity contribution is 6.34. The van der Waals surface area contributed by atoms with Crippen LogP contribution in [0.3, 0.4) is 0 Å². The van der Waals surface area contributed by atoms with Gasteiger partial charge < -0.3 is 14.8 Å². The molecule has 0 spiro atoms. The predicted octanol–water partition coefficient (Wildman–Crippen LogP) is 5.46. The second kappa shape index (κ2) is 8.27. The molecule has 0 aromatic heterocycles. The molecule has 0 radical (unpaired) electrons. The number of amides is 1. The van der Waals surface area contributed by atoms with Crippen LogP contribution in [0.5, 0.6) is 5.75 Å². The number of halogens is 1. The van der Waals surface area contributed by atoms with Crippen molar-refractivity contribution in [1.82, 2.24) is 10.2 Å². The minimum atomic E-state index is -0.297. The van der Waals surface area contributed by atoms with Gasteiger partial charge in [0.15, 0.2) is 0 Å². The van der Waals surface area contributed by atoms with E-state index in [2.05, 4.69) is 42.3 Å². The third-order valence-electron chi connectivity index (χ3n) is 7.49. The fourth-order valence-electron chi connectivity index (χ4n) is 5.72. The molecule has 1 unspecified atom stereocenters. The molecular weight excluding hydrogens is 424 g/mol. The molecule has 5 nitrogen and oxygen atoms in total. The molecule has 1 amide bonds. The van der Waals surface area contributed by atoms with E-state index in [9.17, 15) is 4.79 Å². The minimum absolute atomic E-state index is 0.0130. The second-order valence-corrected chi connectivity index (χ2v) is 10.4. The number of fused-ring (bicyclic) bond motifs is 4. The van der Waals surface area contributed by atoms with E-state index in [0.717, 1.165) is 55.6 Å². The number of rotatable bonds is 4. The predicted molar refractivity (Wildman–Crippen MR) is 126 cm³/mol. The van der Waals surface area contributed by atoms with Gasteiger partial charge in [-0.15, -0.1) is 0 Å². The van der Waals surface area contributed by atoms with Crippen molar-refractivity contribution in [3.05, 3.63) is 52.5 Å². The highest BCUT2D eigenvalue weighted by Crippen LogP contribution is 2.47. The van der Waals surface area contributed by atoms with Crippen LogP contribution < -0.4 is 10.1 Å². The summed E-state index contributed by atoms with van der Waals surface area (Å²) in [5.74, 6) is 1.17. The quantitative estimate of drug-likeness (QED) is 0.666. The number of hydrogen-bond donors (Lipinski definition) is 1. The Balaban J connectivity index is 1.35. The average molecular weight is 455 g/mol. The van der Waals surface area contributed by atoms with Gasteiger partial charge in [-0.1, -0.05) is 55.8 Å². The van der Waals surface area contributed by atoms with E-state index >= 15 is 0 Å². The van der Waals surface area contributed by atoms with E-state index in [0.29, 0.717) is 16.7 Å². The maximum absolute atomic E-state index is 12.9. The number of benzene rings is 2. The van der Waals surface area contributed by atoms with Gasteiger partial charge in [-0.25, -0.2) is 4.79 Å². The Morgan fingerprint density at radius 2 is 1.97 bits per heavy atom. The summed E-state index contributed by atoms with van der Waals surface area (Å²) in [6, 6.07) is 12.1. The van der Waals surface area contributed by atoms with Gasteiger partial charge in [0.05, 0.1) is 18.2 Å². The molecule has 3 saturated heterocycles. The summed E-state index contributed by atoms with van der Waals surface area (Å²) in [5.41, 5.74) is 4.29. The zero-order valence-electron chi connectivity index (χ0n) is 19.0. The van der Waals surface area contributed by atoms with Crippen LogP contribution in [0.2, 0.25) is 5.02 Å². The van der Waals surface area contributed by atoms with Crippen molar-refractivity contribution in [2.75, 3.05) is 26.7 Å². The number of nitrogens with zero attached hydrogens (tertiary/aromatic N) is 1. The maximum atomic E-state index is 12.9. The Morgan fingerprint density at radius 1 is 1.19 bits per heavy atom. The first kappa shape index (κ1) is 21.6. The lowest BCUT2D eigenvalue weighted by Gasteiger charge is -2.44. The van der Waals surface area contributed by atoms with Gasteiger partial charge in [0.2, 0.25) is 0 Å². The van der Waals surface area contributed by atoms with Crippen LogP contribution >= 0.6 is 11.6 Å². The van der Waals surface area contributed by atoms with Gasteiger partial charge in [0, 0.05) is 12.1 Å². The van der Waals surface area contributed by atoms with Crippen molar-refractivity contribution in [3.63, 3.8) is 0 Å². The third kappa shape index (κ3) is 3.86. The molecule has 3 heterocycles. The van der Waals surface area contributed by atoms with Crippen LogP contribution in [-0.4, -0.2) is 43.8 Å². The first-order chi connectivity index (χ1) is 15.4. The molecule has 4 aliphatic rings. The van der Waals surface area contributed by atoms with Crippen LogP contribution in [0.1, 0.15) is 43.9 Å². The molecule has 2 aromatic rings. The summed E-state index contributed by atoms with van der Waals surface area (Å²) < 4.78 is 11.3. The van der Waals surface area contributed by atoms with E-state index in [1.165, 1.54) is 5.56 Å². The van der Waals surface area contributed by atoms with Crippen LogP contribution in [0, 0.1) is 11.3 Å². The average Bonchev–Trinajstić information content (AvgIpc) is 3.03. The Morgan fingerprint density at radius 3 is 2.66 bits per heavy atom. The van der Waals surface area contributed by atoms with Gasteiger partial charge in [0.25, 0.3) is 0 Å². The molecule has 2 aromatic carbocycles. The lowest BCUT2D eigenvalue weighted by molar-refractivity contribution is -0.0348. The van der Waals surface area contributed by atoms with E-state index in [-0.39, 0.29) is 23.7 Å². The number of piperidine rings is 3. The summed E-state index contributed by atoms with van der Waals surface area (Å²) >= 11 is 6.57. The van der Waals surface area contributed by atoms with Gasteiger partial charge in [0.1, 0.15) is 11.9 Å². The van der Waals surface area contributed by atoms with Crippen LogP contribution in [0.15, 0.2) is 36.4 Å². The van der Waals surface area contributed by atoms with Crippen molar-refractivity contribution >= 4 is 17.7 Å². The van der Waals surface area contributed by atoms with Crippen molar-refractivity contribution in [1.29, 1.82) is 0 Å². The molecule has 6 heteroatoms. The topological polar surface area (TPSA) is 50.8 Å². The zero-order chi connectivity index (χ0) is 22.5. The van der Waals surface area contributed by atoms with Crippen molar-refractivity contribution in [2.24, 2.45) is 11.3 Å². The highest BCUT2D eigenvalue weighted by atomic mass is 35.5. The van der Waals surface area contributed by atoms with Gasteiger partial charge in [-0.05, 0) is 66.4 Å². The molecule has 2 atom stereocenters. The van der Waals surface area contributed by atoms with Gasteiger partial charge >= 0.3 is 6.09 Å². The van der Waals surface area contributed by atoms with Crippen LogP contribution in [-0.2, 0) is 11.2 Å². The number of carbonyl (C=O) groups is 1. The maximum Gasteiger partial charge on any atom is 0.407 e. The normalized spacial score (nSPS) is 27.6. The van der Waals surface area contributed by atoms with E-state index in [1.807, 2.05) is 18.2 Å². The molecule has 3 fully saturated rings. The van der Waals surface area contributed by atoms with E-state index < -0.39 is 0 Å². The third-order valence-corrected chi connectivity index (χ3v) is 7.88. The van der Waals surface area contributed by atoms with Crippen molar-refractivity contribution in [3.8, 4) is 16.9 Å². The second-order valence-electron chi connectivity index (χ2n) is 10.1. The Kier molecular flexibility index (Phi) is 5.58. The molecule has 1 N–H and O–H groups in total. The largest absolute Gasteiger partial charge is 0.495 e. The molecule has 170 valence electrons. The number of methoxy groups -OCH3 is 1. The van der Waals surface area contributed by atoms with Crippen molar-refractivity contribution in [2.45, 2.75) is 45.3 Å². The lowest BCUT2D eigenvalue weighted by Crippen LogP contribution is -2.53. The number of hydrogen-bond acceptors (Lipinski definition) is 4. The Bertz CT molecular complexity index is 1030. The van der Waals surface area contributed by atoms with Gasteiger partial charge in [-0.3, -0.25) is 4.90 Å². The fraction of sp³-hybridized carbons (Fsp3) is 0.500. The number of alkyl carbamates (subject to hydrolysis) is 1. The van der Waals surface area contributed by atoms with Crippen LogP contribution in [0.4, 0.5) is 4.79 Å². The van der Waals surface area contributed by atoms with Gasteiger partial charge in [-0.2, -0.15) is 0 Å². The molecular formula is C26H31ClN2O3. The molecule has 2 bridgehead atoms. The zero-order valence-corrected chi connectivity index (χ0v) is 19.7. The van der Waals surface area contributed by atoms with E-state index in [4.69, 9.17) is 21.1 Å². The summed E-state index contributed by atoms with van der Waals surface area (Å²) in [4.78, 5) is 15.3. The monoisotopic (exact) mass is 454 g/mol. The summed E-state index contributed by atoms with van der Waals surface area (Å²) in [5, 5.41) is 3.81. The summed E-state index contributed by atoms with van der Waals surface area (Å²) in [6.45, 7) is 7.53. The first-order valence-electron chi connectivity index (χ1n) is 11.5. The Hall–Kier alpha value is -2.24. The first-order valence-corrected chi connectivity index (χ1v) is 11.9.